The number of carbonyl (C=O) groups excluding carboxylic acids is 1. The van der Waals surface area contributed by atoms with Crippen LogP contribution < -0.4 is 5.32 Å². The van der Waals surface area contributed by atoms with Crippen molar-refractivity contribution in [3.8, 4) is 5.75 Å². The molecule has 3 N–H and O–H groups in total. The van der Waals surface area contributed by atoms with Gasteiger partial charge in [-0.05, 0) is 12.3 Å². The molecule has 1 aliphatic carbocycles. The van der Waals surface area contributed by atoms with Crippen molar-refractivity contribution >= 4 is 11.6 Å². The van der Waals surface area contributed by atoms with E-state index in [0.717, 1.165) is 19.1 Å². The fourth-order valence-corrected chi connectivity index (χ4v) is 3.65. The number of nitrogens with zero attached hydrogens (tertiary/aromatic N) is 1. The SMILES string of the molecule is O=C([C@H](CC1CCCCC1)OC(O)Nc1cocc1O)N1CCOCC1. The number of morpholine rings is 1. The van der Waals surface area contributed by atoms with Crippen molar-refractivity contribution in [3.63, 3.8) is 0 Å². The standard InChI is InChI=1S/C18H28N2O6/c21-15-12-25-11-14(15)19-18(23)26-16(10-13-4-2-1-3-5-13)17(22)20-6-8-24-9-7-20/h11-13,16,18-19,21,23H,1-10H2/t16-,18?/m0/s1. The van der Waals surface area contributed by atoms with E-state index < -0.39 is 12.5 Å². The molecule has 1 saturated heterocycles. The minimum atomic E-state index is -1.42. The molecule has 0 radical (unpaired) electrons. The summed E-state index contributed by atoms with van der Waals surface area (Å²) in [6.07, 6.45) is 6.61. The second kappa shape index (κ2) is 9.25. The molecule has 1 amide bonds. The van der Waals surface area contributed by atoms with Gasteiger partial charge in [-0.3, -0.25) is 4.79 Å². The molecule has 2 aliphatic rings. The molecule has 1 unspecified atom stereocenters. The van der Waals surface area contributed by atoms with Crippen LogP contribution in [0.25, 0.3) is 0 Å². The van der Waals surface area contributed by atoms with Crippen molar-refractivity contribution in [1.82, 2.24) is 4.90 Å². The van der Waals surface area contributed by atoms with Gasteiger partial charge in [0.05, 0.1) is 13.2 Å². The smallest absolute Gasteiger partial charge is 0.252 e. The summed E-state index contributed by atoms with van der Waals surface area (Å²) in [6, 6.07) is 0. The van der Waals surface area contributed by atoms with Gasteiger partial charge >= 0.3 is 0 Å². The zero-order valence-corrected chi connectivity index (χ0v) is 14.9. The number of furan rings is 1. The Hall–Kier alpha value is -1.77. The Bertz CT molecular complexity index is 566. The van der Waals surface area contributed by atoms with Gasteiger partial charge in [-0.25, -0.2) is 0 Å². The molecule has 26 heavy (non-hydrogen) atoms. The lowest BCUT2D eigenvalue weighted by Crippen LogP contribution is -2.48. The van der Waals surface area contributed by atoms with Crippen molar-refractivity contribution < 1.29 is 28.9 Å². The maximum atomic E-state index is 12.9. The number of anilines is 1. The van der Waals surface area contributed by atoms with Crippen LogP contribution in [0.5, 0.6) is 5.75 Å². The first-order valence-electron chi connectivity index (χ1n) is 9.35. The van der Waals surface area contributed by atoms with Crippen molar-refractivity contribution in [2.24, 2.45) is 5.92 Å². The summed E-state index contributed by atoms with van der Waals surface area (Å²) >= 11 is 0. The number of ether oxygens (including phenoxy) is 2. The number of rotatable bonds is 7. The molecule has 1 aromatic heterocycles. The molecular weight excluding hydrogens is 340 g/mol. The van der Waals surface area contributed by atoms with Crippen LogP contribution in [-0.2, 0) is 14.3 Å². The van der Waals surface area contributed by atoms with Gasteiger partial charge in [-0.15, -0.1) is 0 Å². The summed E-state index contributed by atoms with van der Waals surface area (Å²) in [5, 5.41) is 22.4. The number of nitrogens with one attached hydrogen (secondary N) is 1. The zero-order chi connectivity index (χ0) is 18.4. The van der Waals surface area contributed by atoms with E-state index in [0.29, 0.717) is 38.6 Å². The fraction of sp³-hybridized carbons (Fsp3) is 0.722. The highest BCUT2D eigenvalue weighted by Gasteiger charge is 2.31. The van der Waals surface area contributed by atoms with Crippen LogP contribution in [0.15, 0.2) is 16.9 Å². The van der Waals surface area contributed by atoms with Gasteiger partial charge < -0.3 is 34.3 Å². The molecule has 2 fully saturated rings. The molecule has 0 spiro atoms. The maximum absolute atomic E-state index is 12.9. The lowest BCUT2D eigenvalue weighted by molar-refractivity contribution is -0.169. The van der Waals surface area contributed by atoms with E-state index in [1.807, 2.05) is 0 Å². The van der Waals surface area contributed by atoms with E-state index in [4.69, 9.17) is 13.9 Å². The third-order valence-corrected chi connectivity index (χ3v) is 5.08. The minimum absolute atomic E-state index is 0.115. The molecule has 2 atom stereocenters. The van der Waals surface area contributed by atoms with E-state index in [1.54, 1.807) is 4.90 Å². The van der Waals surface area contributed by atoms with Gasteiger partial charge in [0.2, 0.25) is 6.41 Å². The monoisotopic (exact) mass is 368 g/mol. The molecule has 146 valence electrons. The predicted molar refractivity (Wildman–Crippen MR) is 93.5 cm³/mol. The van der Waals surface area contributed by atoms with E-state index >= 15 is 0 Å². The Morgan fingerprint density at radius 1 is 1.27 bits per heavy atom. The number of amides is 1. The first kappa shape index (κ1) is 19.0. The van der Waals surface area contributed by atoms with E-state index in [1.165, 1.54) is 25.5 Å². The van der Waals surface area contributed by atoms with Crippen LogP contribution in [0.1, 0.15) is 38.5 Å². The van der Waals surface area contributed by atoms with Gasteiger partial charge in [-0.1, -0.05) is 32.1 Å². The highest BCUT2D eigenvalue weighted by atomic mass is 16.6. The first-order chi connectivity index (χ1) is 12.6. The number of aliphatic hydroxyl groups excluding tert-OH is 1. The van der Waals surface area contributed by atoms with Crippen LogP contribution in [0.3, 0.4) is 0 Å². The first-order valence-corrected chi connectivity index (χ1v) is 9.35. The molecule has 8 heteroatoms. The summed E-state index contributed by atoms with van der Waals surface area (Å²) in [7, 11) is 0. The Kier molecular flexibility index (Phi) is 6.76. The molecule has 0 aromatic carbocycles. The molecule has 2 heterocycles. The summed E-state index contributed by atoms with van der Waals surface area (Å²) in [6.45, 7) is 2.11. The Morgan fingerprint density at radius 3 is 2.65 bits per heavy atom. The van der Waals surface area contributed by atoms with Gasteiger partial charge in [0.25, 0.3) is 5.91 Å². The molecule has 1 aliphatic heterocycles. The Morgan fingerprint density at radius 2 is 2.00 bits per heavy atom. The second-order valence-electron chi connectivity index (χ2n) is 6.97. The summed E-state index contributed by atoms with van der Waals surface area (Å²) in [5.74, 6) is 0.181. The lowest BCUT2D eigenvalue weighted by atomic mass is 9.85. The average Bonchev–Trinajstić information content (AvgIpc) is 3.06. The fourth-order valence-electron chi connectivity index (χ4n) is 3.65. The van der Waals surface area contributed by atoms with Gasteiger partial charge in [0.15, 0.2) is 5.75 Å². The average molecular weight is 368 g/mol. The summed E-state index contributed by atoms with van der Waals surface area (Å²) in [5.41, 5.74) is 0.215. The third-order valence-electron chi connectivity index (χ3n) is 5.08. The van der Waals surface area contributed by atoms with Crippen LogP contribution in [0.4, 0.5) is 5.69 Å². The van der Waals surface area contributed by atoms with Gasteiger partial charge in [0, 0.05) is 13.1 Å². The zero-order valence-electron chi connectivity index (χ0n) is 14.9. The number of hydrogen-bond acceptors (Lipinski definition) is 7. The van der Waals surface area contributed by atoms with Crippen molar-refractivity contribution in [3.05, 3.63) is 12.5 Å². The van der Waals surface area contributed by atoms with E-state index in [2.05, 4.69) is 5.32 Å². The normalized spacial score (nSPS) is 21.3. The topological polar surface area (TPSA) is 104 Å². The number of aliphatic hydroxyl groups is 1. The molecule has 0 bridgehead atoms. The Labute approximate surface area is 153 Å². The summed E-state index contributed by atoms with van der Waals surface area (Å²) < 4.78 is 15.8. The van der Waals surface area contributed by atoms with Gasteiger partial charge in [-0.2, -0.15) is 0 Å². The lowest BCUT2D eigenvalue weighted by Gasteiger charge is -2.33. The quantitative estimate of drug-likeness (QED) is 0.631. The largest absolute Gasteiger partial charge is 0.503 e. The summed E-state index contributed by atoms with van der Waals surface area (Å²) in [4.78, 5) is 14.7. The highest BCUT2D eigenvalue weighted by Crippen LogP contribution is 2.29. The minimum Gasteiger partial charge on any atom is -0.503 e. The molecular formula is C18H28N2O6. The molecule has 1 aromatic rings. The highest BCUT2D eigenvalue weighted by molar-refractivity contribution is 5.81. The number of carbonyl (C=O) groups is 1. The molecule has 1 saturated carbocycles. The van der Waals surface area contributed by atoms with Gasteiger partial charge in [0.1, 0.15) is 24.3 Å². The molecule has 8 nitrogen and oxygen atoms in total. The Balaban J connectivity index is 1.62. The van der Waals surface area contributed by atoms with Crippen LogP contribution >= 0.6 is 0 Å². The van der Waals surface area contributed by atoms with Crippen molar-refractivity contribution in [1.29, 1.82) is 0 Å². The van der Waals surface area contributed by atoms with Crippen LogP contribution in [-0.4, -0.2) is 59.8 Å². The number of hydrogen-bond donors (Lipinski definition) is 3. The second-order valence-corrected chi connectivity index (χ2v) is 6.97. The van der Waals surface area contributed by atoms with Crippen LogP contribution in [0, 0.1) is 5.92 Å². The van der Waals surface area contributed by atoms with Crippen molar-refractivity contribution in [2.45, 2.75) is 51.0 Å². The third kappa shape index (κ3) is 5.12. The van der Waals surface area contributed by atoms with E-state index in [9.17, 15) is 15.0 Å². The number of aromatic hydroxyl groups is 1. The van der Waals surface area contributed by atoms with Crippen LogP contribution in [0.2, 0.25) is 0 Å². The molecule has 3 rings (SSSR count). The van der Waals surface area contributed by atoms with E-state index in [-0.39, 0.29) is 17.3 Å². The maximum Gasteiger partial charge on any atom is 0.252 e. The van der Waals surface area contributed by atoms with Crippen molar-refractivity contribution in [2.75, 3.05) is 31.6 Å². The predicted octanol–water partition coefficient (Wildman–Crippen LogP) is 1.89.